The van der Waals surface area contributed by atoms with Crippen molar-refractivity contribution in [3.63, 3.8) is 0 Å². The molecule has 1 rings (SSSR count). The van der Waals surface area contributed by atoms with Crippen molar-refractivity contribution in [3.05, 3.63) is 35.9 Å². The molecule has 0 spiro atoms. The minimum absolute atomic E-state index is 0.0400. The number of benzene rings is 1. The van der Waals surface area contributed by atoms with Gasteiger partial charge in [0.25, 0.3) is 10.1 Å². The molecule has 1 aromatic rings. The van der Waals surface area contributed by atoms with Crippen molar-refractivity contribution >= 4 is 22.1 Å². The fraction of sp³-hybridized carbons (Fsp3) is 0.429. The van der Waals surface area contributed by atoms with Gasteiger partial charge in [-0.05, 0) is 19.4 Å². The molecule has 0 unspecified atom stereocenters. The molecule has 0 amide bonds. The maximum atomic E-state index is 12.0. The lowest BCUT2D eigenvalue weighted by molar-refractivity contribution is -0.161. The Morgan fingerprint density at radius 2 is 1.50 bits per heavy atom. The lowest BCUT2D eigenvalue weighted by atomic mass is 9.98. The fourth-order valence-corrected chi connectivity index (χ4v) is 3.05. The fourth-order valence-electron chi connectivity index (χ4n) is 1.99. The quantitative estimate of drug-likeness (QED) is 0.457. The Morgan fingerprint density at radius 3 is 1.86 bits per heavy atom. The first-order valence-electron chi connectivity index (χ1n) is 6.67. The van der Waals surface area contributed by atoms with E-state index < -0.39 is 33.2 Å². The van der Waals surface area contributed by atoms with Crippen LogP contribution in [0.25, 0.3) is 0 Å². The van der Waals surface area contributed by atoms with Gasteiger partial charge >= 0.3 is 11.9 Å². The van der Waals surface area contributed by atoms with E-state index in [0.29, 0.717) is 0 Å². The second-order valence-electron chi connectivity index (χ2n) is 4.33. The van der Waals surface area contributed by atoms with Gasteiger partial charge in [-0.2, -0.15) is 8.42 Å². The molecule has 0 aliphatic heterocycles. The van der Waals surface area contributed by atoms with Crippen LogP contribution in [0.1, 0.15) is 24.7 Å². The summed E-state index contributed by atoms with van der Waals surface area (Å²) in [6.07, 6.45) is 0. The molecule has 0 aromatic heterocycles. The van der Waals surface area contributed by atoms with Gasteiger partial charge in [0.2, 0.25) is 0 Å². The standard InChI is InChI=1S/C14H18O7S/c1-3-20-13(15)11(14(16)21-4-2)12(22(17,18)19)10-8-6-5-7-9-10/h5-9,11-12H,3-4H2,1-2H3,(H,17,18,19)/t12-/m1/s1. The molecule has 122 valence electrons. The van der Waals surface area contributed by atoms with Gasteiger partial charge in [-0.3, -0.25) is 14.1 Å². The minimum Gasteiger partial charge on any atom is -0.465 e. The molecule has 8 heteroatoms. The van der Waals surface area contributed by atoms with Crippen LogP contribution in [0.3, 0.4) is 0 Å². The van der Waals surface area contributed by atoms with Crippen molar-refractivity contribution in [1.29, 1.82) is 0 Å². The number of hydrogen-bond acceptors (Lipinski definition) is 6. The van der Waals surface area contributed by atoms with Gasteiger partial charge in [0, 0.05) is 0 Å². The summed E-state index contributed by atoms with van der Waals surface area (Å²) in [5.41, 5.74) is 0.0936. The summed E-state index contributed by atoms with van der Waals surface area (Å²) < 4.78 is 42.5. The van der Waals surface area contributed by atoms with Crippen molar-refractivity contribution in [2.45, 2.75) is 19.1 Å². The number of rotatable bonds is 7. The van der Waals surface area contributed by atoms with Crippen molar-refractivity contribution in [2.24, 2.45) is 5.92 Å². The lowest BCUT2D eigenvalue weighted by Gasteiger charge is -2.22. The molecular weight excluding hydrogens is 312 g/mol. The van der Waals surface area contributed by atoms with Gasteiger partial charge < -0.3 is 9.47 Å². The number of ether oxygens (including phenoxy) is 2. The van der Waals surface area contributed by atoms with E-state index >= 15 is 0 Å². The number of hydrogen-bond donors (Lipinski definition) is 1. The summed E-state index contributed by atoms with van der Waals surface area (Å²) in [7, 11) is -4.75. The topological polar surface area (TPSA) is 107 Å². The van der Waals surface area contributed by atoms with Crippen molar-refractivity contribution in [3.8, 4) is 0 Å². The Kier molecular flexibility index (Phi) is 6.51. The average molecular weight is 330 g/mol. The molecule has 0 radical (unpaired) electrons. The second kappa shape index (κ2) is 7.90. The van der Waals surface area contributed by atoms with Crippen LogP contribution in [0.5, 0.6) is 0 Å². The highest BCUT2D eigenvalue weighted by atomic mass is 32.2. The van der Waals surface area contributed by atoms with Crippen LogP contribution in [-0.2, 0) is 29.2 Å². The highest BCUT2D eigenvalue weighted by Gasteiger charge is 2.45. The summed E-state index contributed by atoms with van der Waals surface area (Å²) in [5.74, 6) is -3.92. The molecule has 1 atom stereocenters. The molecule has 1 aromatic carbocycles. The van der Waals surface area contributed by atoms with E-state index in [4.69, 9.17) is 9.47 Å². The largest absolute Gasteiger partial charge is 0.465 e. The zero-order valence-corrected chi connectivity index (χ0v) is 13.1. The van der Waals surface area contributed by atoms with Crippen molar-refractivity contribution < 1.29 is 32.0 Å². The third-order valence-corrected chi connectivity index (χ3v) is 4.02. The van der Waals surface area contributed by atoms with E-state index in [9.17, 15) is 22.6 Å². The monoisotopic (exact) mass is 330 g/mol. The second-order valence-corrected chi connectivity index (χ2v) is 5.87. The van der Waals surface area contributed by atoms with Crippen LogP contribution in [0.15, 0.2) is 30.3 Å². The van der Waals surface area contributed by atoms with Crippen LogP contribution < -0.4 is 0 Å². The molecule has 0 saturated heterocycles. The molecule has 0 heterocycles. The third-order valence-electron chi connectivity index (χ3n) is 2.83. The Balaban J connectivity index is 3.37. The molecule has 0 fully saturated rings. The minimum atomic E-state index is -4.75. The Bertz CT molecular complexity index is 591. The zero-order chi connectivity index (χ0) is 16.8. The number of esters is 2. The Hall–Kier alpha value is -1.93. The summed E-state index contributed by atoms with van der Waals surface area (Å²) in [5, 5.41) is -1.79. The van der Waals surface area contributed by atoms with Crippen LogP contribution >= 0.6 is 0 Å². The highest BCUT2D eigenvalue weighted by Crippen LogP contribution is 2.31. The number of carbonyl (C=O) groups is 2. The van der Waals surface area contributed by atoms with Crippen LogP contribution in [0.2, 0.25) is 0 Å². The molecule has 0 aliphatic carbocycles. The predicted octanol–water partition coefficient (Wildman–Crippen LogP) is 1.36. The molecule has 0 bridgehead atoms. The van der Waals surface area contributed by atoms with E-state index in [2.05, 4.69) is 0 Å². The average Bonchev–Trinajstić information content (AvgIpc) is 2.44. The molecule has 1 N–H and O–H groups in total. The first kappa shape index (κ1) is 18.1. The van der Waals surface area contributed by atoms with Gasteiger partial charge in [0.05, 0.1) is 13.2 Å². The van der Waals surface area contributed by atoms with Crippen LogP contribution in [0, 0.1) is 5.92 Å². The maximum absolute atomic E-state index is 12.0. The predicted molar refractivity (Wildman–Crippen MR) is 77.5 cm³/mol. The van der Waals surface area contributed by atoms with E-state index in [1.165, 1.54) is 38.1 Å². The van der Waals surface area contributed by atoms with E-state index in [0.717, 1.165) is 0 Å². The van der Waals surface area contributed by atoms with E-state index in [1.54, 1.807) is 6.07 Å². The Labute approximate surface area is 129 Å². The summed E-state index contributed by atoms with van der Waals surface area (Å²) in [6.45, 7) is 2.96. The molecule has 22 heavy (non-hydrogen) atoms. The van der Waals surface area contributed by atoms with E-state index in [1.807, 2.05) is 0 Å². The normalized spacial score (nSPS) is 12.7. The summed E-state index contributed by atoms with van der Waals surface area (Å²) in [6, 6.07) is 7.48. The SMILES string of the molecule is CCOC(=O)C(C(=O)OCC)[C@@H](c1ccccc1)S(=O)(=O)O. The van der Waals surface area contributed by atoms with Crippen molar-refractivity contribution in [1.82, 2.24) is 0 Å². The van der Waals surface area contributed by atoms with Gasteiger partial charge in [0.15, 0.2) is 5.92 Å². The van der Waals surface area contributed by atoms with E-state index in [-0.39, 0.29) is 18.8 Å². The molecule has 7 nitrogen and oxygen atoms in total. The third kappa shape index (κ3) is 4.54. The molecule has 0 saturated carbocycles. The first-order valence-corrected chi connectivity index (χ1v) is 8.17. The summed E-state index contributed by atoms with van der Waals surface area (Å²) >= 11 is 0. The van der Waals surface area contributed by atoms with Crippen LogP contribution in [0.4, 0.5) is 0 Å². The first-order chi connectivity index (χ1) is 10.3. The molecule has 0 aliphatic rings. The summed E-state index contributed by atoms with van der Waals surface area (Å²) in [4.78, 5) is 24.0. The lowest BCUT2D eigenvalue weighted by Crippen LogP contribution is -2.36. The maximum Gasteiger partial charge on any atom is 0.322 e. The van der Waals surface area contributed by atoms with Gasteiger partial charge in [-0.25, -0.2) is 0 Å². The molecular formula is C14H18O7S. The van der Waals surface area contributed by atoms with Crippen molar-refractivity contribution in [2.75, 3.05) is 13.2 Å². The smallest absolute Gasteiger partial charge is 0.322 e. The zero-order valence-electron chi connectivity index (χ0n) is 12.3. The van der Waals surface area contributed by atoms with Gasteiger partial charge in [0.1, 0.15) is 5.25 Å². The Morgan fingerprint density at radius 1 is 1.05 bits per heavy atom. The van der Waals surface area contributed by atoms with Crippen LogP contribution in [-0.4, -0.2) is 38.1 Å². The van der Waals surface area contributed by atoms with Gasteiger partial charge in [-0.1, -0.05) is 30.3 Å². The highest BCUT2D eigenvalue weighted by molar-refractivity contribution is 7.86. The number of carbonyl (C=O) groups excluding carboxylic acids is 2. The van der Waals surface area contributed by atoms with Gasteiger partial charge in [-0.15, -0.1) is 0 Å².